The zero-order valence-electron chi connectivity index (χ0n) is 17.9. The lowest BCUT2D eigenvalue weighted by Gasteiger charge is -2.30. The van der Waals surface area contributed by atoms with Crippen LogP contribution >= 0.6 is 0 Å². The minimum atomic E-state index is -0.258. The zero-order chi connectivity index (χ0) is 22.0. The summed E-state index contributed by atoms with van der Waals surface area (Å²) in [5, 5.41) is 2.56. The van der Waals surface area contributed by atoms with E-state index in [2.05, 4.69) is 10.3 Å². The first-order valence-corrected chi connectivity index (χ1v) is 10.5. The molecule has 0 radical (unpaired) electrons. The number of hydrogen-bond acceptors (Lipinski definition) is 6. The molecule has 4 rings (SSSR count). The van der Waals surface area contributed by atoms with Crippen LogP contribution in [0.25, 0.3) is 22.2 Å². The maximum atomic E-state index is 12.1. The lowest BCUT2D eigenvalue weighted by molar-refractivity contribution is 0.0681. The highest BCUT2D eigenvalue weighted by atomic mass is 16.6. The third-order valence-electron chi connectivity index (χ3n) is 5.40. The molecular formula is C23H26N4O4. The fourth-order valence-corrected chi connectivity index (χ4v) is 3.71. The van der Waals surface area contributed by atoms with Crippen LogP contribution in [0.3, 0.4) is 0 Å². The molecule has 0 spiro atoms. The molecule has 31 heavy (non-hydrogen) atoms. The molecule has 2 amide bonds. The molecule has 3 aromatic rings. The molecule has 8 nitrogen and oxygen atoms in total. The Bertz CT molecular complexity index is 1080. The third-order valence-corrected chi connectivity index (χ3v) is 5.40. The van der Waals surface area contributed by atoms with Gasteiger partial charge < -0.3 is 19.4 Å². The third kappa shape index (κ3) is 4.52. The number of piperidine rings is 1. The molecule has 2 aromatic heterocycles. The summed E-state index contributed by atoms with van der Waals surface area (Å²) in [4.78, 5) is 34.4. The van der Waals surface area contributed by atoms with Crippen molar-refractivity contribution >= 4 is 23.1 Å². The Morgan fingerprint density at radius 2 is 1.90 bits per heavy atom. The maximum absolute atomic E-state index is 12.1. The second-order valence-corrected chi connectivity index (χ2v) is 7.94. The predicted octanol–water partition coefficient (Wildman–Crippen LogP) is 3.97. The van der Waals surface area contributed by atoms with E-state index in [0.29, 0.717) is 24.7 Å². The number of oxazole rings is 1. The van der Waals surface area contributed by atoms with Gasteiger partial charge in [-0.05, 0) is 50.5 Å². The Hall–Kier alpha value is -3.42. The number of aromatic nitrogens is 2. The Morgan fingerprint density at radius 3 is 2.55 bits per heavy atom. The molecular weight excluding hydrogens is 396 g/mol. The largest absolute Gasteiger partial charge is 0.447 e. The standard InChI is InChI=1S/C23H26N4O4/c1-14(2)30-23(29)27-10-8-15(9-11-27)22-26-19-12-16(5-7-20(19)31-22)17-4-6-18(25-13-17)21(28)24-3/h4-7,12-15H,8-11H2,1-3H3,(H,24,28). The van der Waals surface area contributed by atoms with Crippen molar-refractivity contribution in [2.45, 2.75) is 38.7 Å². The van der Waals surface area contributed by atoms with Crippen LogP contribution in [0, 0.1) is 0 Å². The molecule has 0 unspecified atom stereocenters. The van der Waals surface area contributed by atoms with E-state index in [-0.39, 0.29) is 24.0 Å². The monoisotopic (exact) mass is 422 g/mol. The number of carbonyl (C=O) groups excluding carboxylic acids is 2. The molecule has 1 saturated heterocycles. The van der Waals surface area contributed by atoms with Gasteiger partial charge in [-0.3, -0.25) is 9.78 Å². The Morgan fingerprint density at radius 1 is 1.16 bits per heavy atom. The SMILES string of the molecule is CNC(=O)c1ccc(-c2ccc3oc(C4CCN(C(=O)OC(C)C)CC4)nc3c2)cn1. The number of nitrogens with zero attached hydrogens (tertiary/aromatic N) is 3. The number of nitrogens with one attached hydrogen (secondary N) is 1. The van der Waals surface area contributed by atoms with Crippen LogP contribution in [-0.4, -0.2) is 53.1 Å². The van der Waals surface area contributed by atoms with Gasteiger partial charge in [-0.25, -0.2) is 9.78 Å². The van der Waals surface area contributed by atoms with Crippen LogP contribution in [0.5, 0.6) is 0 Å². The van der Waals surface area contributed by atoms with E-state index in [9.17, 15) is 9.59 Å². The lowest BCUT2D eigenvalue weighted by Crippen LogP contribution is -2.39. The van der Waals surface area contributed by atoms with Gasteiger partial charge in [-0.2, -0.15) is 0 Å². The summed E-state index contributed by atoms with van der Waals surface area (Å²) in [5.41, 5.74) is 3.74. The van der Waals surface area contributed by atoms with E-state index in [1.807, 2.05) is 38.1 Å². The number of carbonyl (C=O) groups is 2. The maximum Gasteiger partial charge on any atom is 0.410 e. The number of hydrogen-bond donors (Lipinski definition) is 1. The minimum Gasteiger partial charge on any atom is -0.447 e. The minimum absolute atomic E-state index is 0.119. The van der Waals surface area contributed by atoms with Gasteiger partial charge in [0.15, 0.2) is 11.5 Å². The van der Waals surface area contributed by atoms with Gasteiger partial charge in [0.1, 0.15) is 11.2 Å². The quantitative estimate of drug-likeness (QED) is 0.683. The van der Waals surface area contributed by atoms with Crippen LogP contribution in [0.1, 0.15) is 49.0 Å². The summed E-state index contributed by atoms with van der Waals surface area (Å²) < 4.78 is 11.3. The summed E-state index contributed by atoms with van der Waals surface area (Å²) >= 11 is 0. The number of pyridine rings is 1. The van der Waals surface area contributed by atoms with E-state index >= 15 is 0 Å². The fourth-order valence-electron chi connectivity index (χ4n) is 3.71. The number of likely N-dealkylation sites (tertiary alicyclic amines) is 1. The van der Waals surface area contributed by atoms with Crippen LogP contribution in [-0.2, 0) is 4.74 Å². The van der Waals surface area contributed by atoms with Crippen LogP contribution in [0.2, 0.25) is 0 Å². The smallest absolute Gasteiger partial charge is 0.410 e. The van der Waals surface area contributed by atoms with E-state index in [1.165, 1.54) is 0 Å². The molecule has 162 valence electrons. The molecule has 0 atom stereocenters. The molecule has 0 bridgehead atoms. The van der Waals surface area contributed by atoms with Gasteiger partial charge in [0.2, 0.25) is 0 Å². The molecule has 1 aliphatic heterocycles. The summed E-state index contributed by atoms with van der Waals surface area (Å²) in [6.45, 7) is 4.96. The van der Waals surface area contributed by atoms with Gasteiger partial charge in [-0.15, -0.1) is 0 Å². The second kappa shape index (κ2) is 8.75. The zero-order valence-corrected chi connectivity index (χ0v) is 17.9. The van der Waals surface area contributed by atoms with Gasteiger partial charge >= 0.3 is 6.09 Å². The van der Waals surface area contributed by atoms with Crippen LogP contribution in [0.4, 0.5) is 4.79 Å². The summed E-state index contributed by atoms with van der Waals surface area (Å²) in [5.74, 6) is 0.663. The summed E-state index contributed by atoms with van der Waals surface area (Å²) in [6, 6.07) is 9.39. The predicted molar refractivity (Wildman–Crippen MR) is 116 cm³/mol. The van der Waals surface area contributed by atoms with Crippen molar-refractivity contribution < 1.29 is 18.7 Å². The fraction of sp³-hybridized carbons (Fsp3) is 0.391. The topological polar surface area (TPSA) is 97.6 Å². The highest BCUT2D eigenvalue weighted by Gasteiger charge is 2.28. The molecule has 1 N–H and O–H groups in total. The van der Waals surface area contributed by atoms with Crippen LogP contribution < -0.4 is 5.32 Å². The van der Waals surface area contributed by atoms with Crippen molar-refractivity contribution in [1.82, 2.24) is 20.2 Å². The molecule has 1 fully saturated rings. The Balaban J connectivity index is 1.47. The van der Waals surface area contributed by atoms with Crippen molar-refractivity contribution in [1.29, 1.82) is 0 Å². The van der Waals surface area contributed by atoms with E-state index in [0.717, 1.165) is 35.1 Å². The van der Waals surface area contributed by atoms with Gasteiger partial charge in [0, 0.05) is 37.8 Å². The second-order valence-electron chi connectivity index (χ2n) is 7.94. The molecule has 1 aromatic carbocycles. The van der Waals surface area contributed by atoms with Crippen molar-refractivity contribution in [2.75, 3.05) is 20.1 Å². The Kier molecular flexibility index (Phi) is 5.88. The number of amides is 2. The number of ether oxygens (including phenoxy) is 1. The number of fused-ring (bicyclic) bond motifs is 1. The number of benzene rings is 1. The highest BCUT2D eigenvalue weighted by molar-refractivity contribution is 5.92. The first kappa shape index (κ1) is 20.8. The molecule has 0 saturated carbocycles. The average Bonchev–Trinajstić information content (AvgIpc) is 3.21. The van der Waals surface area contributed by atoms with E-state index in [4.69, 9.17) is 14.1 Å². The van der Waals surface area contributed by atoms with E-state index < -0.39 is 0 Å². The molecule has 8 heteroatoms. The summed E-state index contributed by atoms with van der Waals surface area (Å²) in [6.07, 6.45) is 2.88. The van der Waals surface area contributed by atoms with E-state index in [1.54, 1.807) is 24.2 Å². The molecule has 1 aliphatic rings. The normalized spacial score (nSPS) is 14.8. The van der Waals surface area contributed by atoms with Crippen molar-refractivity contribution in [2.24, 2.45) is 0 Å². The summed E-state index contributed by atoms with van der Waals surface area (Å²) in [7, 11) is 1.58. The molecule has 3 heterocycles. The van der Waals surface area contributed by atoms with Crippen LogP contribution in [0.15, 0.2) is 40.9 Å². The number of rotatable bonds is 4. The first-order chi connectivity index (χ1) is 14.9. The highest BCUT2D eigenvalue weighted by Crippen LogP contribution is 2.32. The van der Waals surface area contributed by atoms with Crippen molar-refractivity contribution in [3.8, 4) is 11.1 Å². The van der Waals surface area contributed by atoms with Gasteiger partial charge in [-0.1, -0.05) is 12.1 Å². The lowest BCUT2D eigenvalue weighted by atomic mass is 9.97. The van der Waals surface area contributed by atoms with Gasteiger partial charge in [0.25, 0.3) is 5.91 Å². The molecule has 0 aliphatic carbocycles. The van der Waals surface area contributed by atoms with Crippen molar-refractivity contribution in [3.63, 3.8) is 0 Å². The van der Waals surface area contributed by atoms with Gasteiger partial charge in [0.05, 0.1) is 6.10 Å². The Labute approximate surface area is 180 Å². The average molecular weight is 422 g/mol. The first-order valence-electron chi connectivity index (χ1n) is 10.5. The van der Waals surface area contributed by atoms with Crippen molar-refractivity contribution in [3.05, 3.63) is 48.1 Å².